The summed E-state index contributed by atoms with van der Waals surface area (Å²) in [4.78, 5) is 16.3. The predicted molar refractivity (Wildman–Crippen MR) is 114 cm³/mol. The Labute approximate surface area is 172 Å². The molecule has 0 unspecified atom stereocenters. The van der Waals surface area contributed by atoms with Crippen LogP contribution in [0.3, 0.4) is 0 Å². The van der Waals surface area contributed by atoms with Gasteiger partial charge in [0.1, 0.15) is 5.82 Å². The van der Waals surface area contributed by atoms with Gasteiger partial charge in [0.25, 0.3) is 0 Å². The fourth-order valence-corrected chi connectivity index (χ4v) is 1.95. The predicted octanol–water partition coefficient (Wildman–Crippen LogP) is 2.08. The lowest BCUT2D eigenvalue weighted by molar-refractivity contribution is -0.120. The number of carbonyl (C=O) groups excluding carboxylic acids is 1. The van der Waals surface area contributed by atoms with Crippen LogP contribution in [0, 0.1) is 5.82 Å². The van der Waals surface area contributed by atoms with E-state index in [1.165, 1.54) is 12.1 Å². The number of rotatable bonds is 9. The molecule has 148 valence electrons. The summed E-state index contributed by atoms with van der Waals surface area (Å²) in [5, 5.41) is 9.10. The maximum Gasteiger partial charge on any atom is 0.224 e. The molecule has 0 fully saturated rings. The molecular weight excluding hydrogens is 450 g/mol. The van der Waals surface area contributed by atoms with Gasteiger partial charge in [0.05, 0.1) is 18.6 Å². The number of nitrogens with one attached hydrogen (secondary N) is 3. The van der Waals surface area contributed by atoms with E-state index in [9.17, 15) is 9.18 Å². The number of aliphatic imine (C=N–C) groups is 1. The number of nitrogens with zero attached hydrogens (tertiary/aromatic N) is 1. The largest absolute Gasteiger partial charge is 0.377 e. The number of methoxy groups -OCH3 is 1. The van der Waals surface area contributed by atoms with Crippen LogP contribution in [0.2, 0.25) is 0 Å². The molecule has 6 nitrogen and oxygen atoms in total. The van der Waals surface area contributed by atoms with E-state index in [0.717, 1.165) is 6.54 Å². The molecule has 0 radical (unpaired) electrons. The third kappa shape index (κ3) is 10.5. The summed E-state index contributed by atoms with van der Waals surface area (Å²) in [6.07, 6.45) is 0.161. The zero-order valence-electron chi connectivity index (χ0n) is 15.9. The van der Waals surface area contributed by atoms with Crippen LogP contribution in [0.5, 0.6) is 0 Å². The number of guanidine groups is 1. The minimum absolute atomic E-state index is 0. The number of carbonyl (C=O) groups is 1. The highest BCUT2D eigenvalue weighted by molar-refractivity contribution is 14.0. The summed E-state index contributed by atoms with van der Waals surface area (Å²) in [5.74, 6) is 0.194. The zero-order valence-corrected chi connectivity index (χ0v) is 18.2. The zero-order chi connectivity index (χ0) is 18.7. The van der Waals surface area contributed by atoms with E-state index in [1.807, 2.05) is 20.8 Å². The Morgan fingerprint density at radius 1 is 1.23 bits per heavy atom. The number of benzene rings is 1. The molecule has 0 saturated carbocycles. The summed E-state index contributed by atoms with van der Waals surface area (Å²) in [7, 11) is 1.66. The molecule has 8 heteroatoms. The van der Waals surface area contributed by atoms with Crippen molar-refractivity contribution in [2.24, 2.45) is 4.99 Å². The fraction of sp³-hybridized carbons (Fsp3) is 0.556. The van der Waals surface area contributed by atoms with Gasteiger partial charge >= 0.3 is 0 Å². The molecule has 0 spiro atoms. The molecule has 0 aromatic heterocycles. The quantitative estimate of drug-likeness (QED) is 0.219. The van der Waals surface area contributed by atoms with Gasteiger partial charge < -0.3 is 20.7 Å². The van der Waals surface area contributed by atoms with Gasteiger partial charge in [0.2, 0.25) is 5.91 Å². The monoisotopic (exact) mass is 480 g/mol. The molecule has 0 aliphatic rings. The Kier molecular flexibility index (Phi) is 12.2. The highest BCUT2D eigenvalue weighted by atomic mass is 127. The van der Waals surface area contributed by atoms with Crippen LogP contribution >= 0.6 is 24.0 Å². The Bertz CT molecular complexity index is 582. The van der Waals surface area contributed by atoms with Crippen LogP contribution in [0.15, 0.2) is 29.3 Å². The normalized spacial score (nSPS) is 11.5. The number of hydrogen-bond acceptors (Lipinski definition) is 3. The summed E-state index contributed by atoms with van der Waals surface area (Å²) < 4.78 is 18.4. The van der Waals surface area contributed by atoms with E-state index in [4.69, 9.17) is 4.74 Å². The molecule has 0 bridgehead atoms. The van der Waals surface area contributed by atoms with E-state index in [-0.39, 0.29) is 47.7 Å². The Morgan fingerprint density at radius 2 is 1.92 bits per heavy atom. The van der Waals surface area contributed by atoms with Gasteiger partial charge in [0.15, 0.2) is 5.96 Å². The van der Waals surface area contributed by atoms with E-state index in [1.54, 1.807) is 19.2 Å². The lowest BCUT2D eigenvalue weighted by Gasteiger charge is -2.21. The van der Waals surface area contributed by atoms with Crippen molar-refractivity contribution >= 4 is 35.8 Å². The van der Waals surface area contributed by atoms with E-state index in [0.29, 0.717) is 31.2 Å². The maximum atomic E-state index is 13.1. The molecule has 1 aromatic rings. The molecular formula is C18H30FIN4O2. The first-order valence-corrected chi connectivity index (χ1v) is 8.45. The van der Waals surface area contributed by atoms with Gasteiger partial charge in [-0.2, -0.15) is 0 Å². The number of amides is 1. The summed E-state index contributed by atoms with van der Waals surface area (Å²) in [6, 6.07) is 6.05. The first kappa shape index (κ1) is 24.6. The Balaban J connectivity index is 0.00000625. The highest BCUT2D eigenvalue weighted by Gasteiger charge is 2.15. The molecule has 26 heavy (non-hydrogen) atoms. The third-order valence-electron chi connectivity index (χ3n) is 3.51. The molecule has 3 N–H and O–H groups in total. The molecule has 1 amide bonds. The Morgan fingerprint density at radius 3 is 2.54 bits per heavy atom. The van der Waals surface area contributed by atoms with Crippen molar-refractivity contribution in [2.75, 3.05) is 33.3 Å². The van der Waals surface area contributed by atoms with Gasteiger partial charge in [-0.15, -0.1) is 24.0 Å². The van der Waals surface area contributed by atoms with Crippen molar-refractivity contribution in [1.82, 2.24) is 16.0 Å². The molecule has 0 atom stereocenters. The SMILES string of the molecule is CCNC(=NCC(C)(C)OC)NCCNC(=O)Cc1cccc(F)c1.I. The van der Waals surface area contributed by atoms with Crippen LogP contribution in [0.1, 0.15) is 26.3 Å². The average Bonchev–Trinajstić information content (AvgIpc) is 2.56. The van der Waals surface area contributed by atoms with Crippen molar-refractivity contribution in [3.8, 4) is 0 Å². The fourth-order valence-electron chi connectivity index (χ4n) is 1.95. The van der Waals surface area contributed by atoms with Gasteiger partial charge in [0, 0.05) is 26.7 Å². The van der Waals surface area contributed by atoms with Crippen LogP contribution < -0.4 is 16.0 Å². The van der Waals surface area contributed by atoms with Crippen LogP contribution in [-0.4, -0.2) is 50.8 Å². The molecule has 1 aromatic carbocycles. The van der Waals surface area contributed by atoms with Crippen LogP contribution in [0.4, 0.5) is 4.39 Å². The minimum atomic E-state index is -0.336. The van der Waals surface area contributed by atoms with Crippen LogP contribution in [0.25, 0.3) is 0 Å². The minimum Gasteiger partial charge on any atom is -0.377 e. The average molecular weight is 480 g/mol. The lowest BCUT2D eigenvalue weighted by Crippen LogP contribution is -2.42. The lowest BCUT2D eigenvalue weighted by atomic mass is 10.1. The standard InChI is InChI=1S/C18H29FN4O2.HI/c1-5-20-17(23-13-18(2,3)25-4)22-10-9-21-16(24)12-14-7-6-8-15(19)11-14;/h6-8,11H,5,9-10,12-13H2,1-4H3,(H,21,24)(H2,20,22,23);1H. The van der Waals surface area contributed by atoms with Crippen molar-refractivity contribution in [3.05, 3.63) is 35.6 Å². The van der Waals surface area contributed by atoms with Gasteiger partial charge in [-0.25, -0.2) is 4.39 Å². The number of ether oxygens (including phenoxy) is 1. The van der Waals surface area contributed by atoms with Crippen molar-refractivity contribution in [3.63, 3.8) is 0 Å². The second-order valence-corrected chi connectivity index (χ2v) is 6.24. The summed E-state index contributed by atoms with van der Waals surface area (Å²) in [6.45, 7) is 8.16. The summed E-state index contributed by atoms with van der Waals surface area (Å²) >= 11 is 0. The molecule has 0 aliphatic heterocycles. The van der Waals surface area contributed by atoms with Gasteiger partial charge in [-0.05, 0) is 38.5 Å². The topological polar surface area (TPSA) is 74.8 Å². The van der Waals surface area contributed by atoms with Crippen molar-refractivity contribution < 1.29 is 13.9 Å². The molecule has 0 aliphatic carbocycles. The van der Waals surface area contributed by atoms with E-state index >= 15 is 0 Å². The number of hydrogen-bond donors (Lipinski definition) is 3. The summed E-state index contributed by atoms with van der Waals surface area (Å²) in [5.41, 5.74) is 0.323. The van der Waals surface area contributed by atoms with Gasteiger partial charge in [-0.3, -0.25) is 9.79 Å². The molecule has 0 saturated heterocycles. The second kappa shape index (κ2) is 12.9. The van der Waals surface area contributed by atoms with Crippen molar-refractivity contribution in [2.45, 2.75) is 32.8 Å². The first-order valence-electron chi connectivity index (χ1n) is 8.45. The Hall–Kier alpha value is -1.42. The smallest absolute Gasteiger partial charge is 0.224 e. The highest BCUT2D eigenvalue weighted by Crippen LogP contribution is 2.07. The molecule has 0 heterocycles. The number of halogens is 2. The third-order valence-corrected chi connectivity index (χ3v) is 3.51. The van der Waals surface area contributed by atoms with Crippen molar-refractivity contribution in [1.29, 1.82) is 0 Å². The van der Waals surface area contributed by atoms with Crippen LogP contribution in [-0.2, 0) is 16.0 Å². The van der Waals surface area contributed by atoms with E-state index < -0.39 is 0 Å². The second-order valence-electron chi connectivity index (χ2n) is 6.24. The molecule has 1 rings (SSSR count). The first-order chi connectivity index (χ1) is 11.9. The maximum absolute atomic E-state index is 13.1. The van der Waals surface area contributed by atoms with E-state index in [2.05, 4.69) is 20.9 Å². The van der Waals surface area contributed by atoms with Gasteiger partial charge in [-0.1, -0.05) is 12.1 Å².